The molecule has 2 saturated heterocycles. The minimum Gasteiger partial charge on any atom is -0.470 e. The number of hydrogen-bond acceptors (Lipinski definition) is 5. The number of rotatable bonds is 3. The Kier molecular flexibility index (Phi) is 4.55. The lowest BCUT2D eigenvalue weighted by Crippen LogP contribution is -2.50. The van der Waals surface area contributed by atoms with E-state index in [0.717, 1.165) is 12.8 Å². The molecule has 0 bridgehead atoms. The smallest absolute Gasteiger partial charge is 0.255 e. The predicted molar refractivity (Wildman–Crippen MR) is 91.3 cm³/mol. The third-order valence-electron chi connectivity index (χ3n) is 4.91. The van der Waals surface area contributed by atoms with E-state index in [9.17, 15) is 9.18 Å². The van der Waals surface area contributed by atoms with Crippen LogP contribution >= 0.6 is 0 Å². The van der Waals surface area contributed by atoms with Crippen molar-refractivity contribution in [3.8, 4) is 5.88 Å². The van der Waals surface area contributed by atoms with E-state index in [1.807, 2.05) is 4.90 Å². The molecule has 2 fully saturated rings. The van der Waals surface area contributed by atoms with Gasteiger partial charge in [-0.3, -0.25) is 9.78 Å². The molecule has 2 aromatic rings. The zero-order chi connectivity index (χ0) is 18.0. The van der Waals surface area contributed by atoms with Crippen LogP contribution in [-0.4, -0.2) is 52.2 Å². The minimum atomic E-state index is -0.481. The van der Waals surface area contributed by atoms with Crippen LogP contribution in [0.1, 0.15) is 29.6 Å². The SMILES string of the molecule is O=C(c1cccnc1)N1CCC[C@]2(C[C@H](Oc3ncccc3F)CO2)C1. The van der Waals surface area contributed by atoms with Crippen LogP contribution < -0.4 is 4.74 Å². The molecule has 136 valence electrons. The molecule has 0 radical (unpaired) electrons. The number of aromatic nitrogens is 2. The van der Waals surface area contributed by atoms with E-state index in [2.05, 4.69) is 9.97 Å². The largest absolute Gasteiger partial charge is 0.470 e. The van der Waals surface area contributed by atoms with Crippen LogP contribution in [0.15, 0.2) is 42.9 Å². The Hall–Kier alpha value is -2.54. The number of piperidine rings is 1. The highest BCUT2D eigenvalue weighted by atomic mass is 19.1. The molecule has 2 aliphatic rings. The van der Waals surface area contributed by atoms with Crippen LogP contribution in [0.3, 0.4) is 0 Å². The van der Waals surface area contributed by atoms with E-state index in [4.69, 9.17) is 9.47 Å². The molecule has 0 unspecified atom stereocenters. The summed E-state index contributed by atoms with van der Waals surface area (Å²) in [6.45, 7) is 1.56. The Labute approximate surface area is 151 Å². The lowest BCUT2D eigenvalue weighted by atomic mass is 9.89. The van der Waals surface area contributed by atoms with Gasteiger partial charge in [-0.25, -0.2) is 9.37 Å². The van der Waals surface area contributed by atoms with Gasteiger partial charge in [-0.1, -0.05) is 0 Å². The standard InChI is InChI=1S/C19H20FN3O3/c20-16-5-2-8-22-17(16)26-15-10-19(25-12-15)6-3-9-23(13-19)18(24)14-4-1-7-21-11-14/h1-2,4-5,7-8,11,15H,3,6,9-10,12-13H2/t15-,19-/m0/s1. The molecule has 26 heavy (non-hydrogen) atoms. The zero-order valence-corrected chi connectivity index (χ0v) is 14.3. The summed E-state index contributed by atoms with van der Waals surface area (Å²) in [5.74, 6) is -0.524. The van der Waals surface area contributed by atoms with Crippen molar-refractivity contribution in [1.29, 1.82) is 0 Å². The number of pyridine rings is 2. The van der Waals surface area contributed by atoms with Gasteiger partial charge in [0.15, 0.2) is 5.82 Å². The summed E-state index contributed by atoms with van der Waals surface area (Å²) in [4.78, 5) is 22.5. The fraction of sp³-hybridized carbons (Fsp3) is 0.421. The number of likely N-dealkylation sites (tertiary alicyclic amines) is 1. The molecule has 6 nitrogen and oxygen atoms in total. The van der Waals surface area contributed by atoms with Crippen LogP contribution in [0.5, 0.6) is 5.88 Å². The molecule has 1 amide bonds. The van der Waals surface area contributed by atoms with Gasteiger partial charge in [0, 0.05) is 31.6 Å². The highest BCUT2D eigenvalue weighted by Gasteiger charge is 2.45. The van der Waals surface area contributed by atoms with Crippen LogP contribution in [0.4, 0.5) is 4.39 Å². The Morgan fingerprint density at radius 1 is 1.35 bits per heavy atom. The fourth-order valence-electron chi connectivity index (χ4n) is 3.72. The van der Waals surface area contributed by atoms with Gasteiger partial charge in [-0.05, 0) is 37.1 Å². The van der Waals surface area contributed by atoms with Gasteiger partial charge in [-0.2, -0.15) is 0 Å². The first-order chi connectivity index (χ1) is 12.7. The molecule has 4 heterocycles. The van der Waals surface area contributed by atoms with Crippen LogP contribution in [-0.2, 0) is 4.74 Å². The molecule has 0 N–H and O–H groups in total. The Bertz CT molecular complexity index is 789. The summed E-state index contributed by atoms with van der Waals surface area (Å²) in [5, 5.41) is 0. The van der Waals surface area contributed by atoms with Gasteiger partial charge >= 0.3 is 0 Å². The molecule has 2 aliphatic heterocycles. The average molecular weight is 357 g/mol. The predicted octanol–water partition coefficient (Wildman–Crippen LogP) is 2.46. The first-order valence-corrected chi connectivity index (χ1v) is 8.76. The van der Waals surface area contributed by atoms with Crippen molar-refractivity contribution in [3.63, 3.8) is 0 Å². The van der Waals surface area contributed by atoms with Crippen molar-refractivity contribution in [2.45, 2.75) is 31.0 Å². The van der Waals surface area contributed by atoms with Crippen molar-refractivity contribution in [2.75, 3.05) is 19.7 Å². The monoisotopic (exact) mass is 357 g/mol. The highest BCUT2D eigenvalue weighted by Crippen LogP contribution is 2.36. The Balaban J connectivity index is 1.43. The van der Waals surface area contributed by atoms with Gasteiger partial charge in [0.2, 0.25) is 0 Å². The molecular weight excluding hydrogens is 337 g/mol. The lowest BCUT2D eigenvalue weighted by molar-refractivity contribution is -0.0453. The fourth-order valence-corrected chi connectivity index (χ4v) is 3.72. The van der Waals surface area contributed by atoms with Crippen LogP contribution in [0.25, 0.3) is 0 Å². The minimum absolute atomic E-state index is 0.00254. The van der Waals surface area contributed by atoms with Crippen molar-refractivity contribution in [2.24, 2.45) is 0 Å². The number of halogens is 1. The van der Waals surface area contributed by atoms with E-state index in [1.165, 1.54) is 18.3 Å². The van der Waals surface area contributed by atoms with Gasteiger partial charge in [0.05, 0.1) is 24.3 Å². The number of ether oxygens (including phenoxy) is 2. The molecule has 0 aromatic carbocycles. The van der Waals surface area contributed by atoms with E-state index < -0.39 is 11.4 Å². The second-order valence-electron chi connectivity index (χ2n) is 6.80. The van der Waals surface area contributed by atoms with Crippen molar-refractivity contribution in [1.82, 2.24) is 14.9 Å². The first kappa shape index (κ1) is 16.9. The Morgan fingerprint density at radius 3 is 3.04 bits per heavy atom. The molecule has 4 rings (SSSR count). The molecular formula is C19H20FN3O3. The highest BCUT2D eigenvalue weighted by molar-refractivity contribution is 5.94. The van der Waals surface area contributed by atoms with Crippen molar-refractivity contribution >= 4 is 5.91 Å². The van der Waals surface area contributed by atoms with Gasteiger partial charge < -0.3 is 14.4 Å². The number of carbonyl (C=O) groups is 1. The summed E-state index contributed by atoms with van der Waals surface area (Å²) in [6.07, 6.45) is 6.78. The quantitative estimate of drug-likeness (QED) is 0.844. The second kappa shape index (κ2) is 6.99. The maximum Gasteiger partial charge on any atom is 0.255 e. The summed E-state index contributed by atoms with van der Waals surface area (Å²) in [6, 6.07) is 6.37. The number of nitrogens with zero attached hydrogens (tertiary/aromatic N) is 3. The van der Waals surface area contributed by atoms with E-state index >= 15 is 0 Å². The summed E-state index contributed by atoms with van der Waals surface area (Å²) in [5.41, 5.74) is 0.136. The van der Waals surface area contributed by atoms with E-state index in [1.54, 1.807) is 24.5 Å². The Morgan fingerprint density at radius 2 is 2.23 bits per heavy atom. The van der Waals surface area contributed by atoms with E-state index in [-0.39, 0.29) is 17.9 Å². The van der Waals surface area contributed by atoms with Gasteiger partial charge in [0.25, 0.3) is 11.8 Å². The summed E-state index contributed by atoms with van der Waals surface area (Å²) >= 11 is 0. The van der Waals surface area contributed by atoms with E-state index in [0.29, 0.717) is 31.7 Å². The number of amides is 1. The zero-order valence-electron chi connectivity index (χ0n) is 14.3. The van der Waals surface area contributed by atoms with Gasteiger partial charge in [0.1, 0.15) is 6.10 Å². The van der Waals surface area contributed by atoms with Crippen LogP contribution in [0, 0.1) is 5.82 Å². The third-order valence-corrected chi connectivity index (χ3v) is 4.91. The van der Waals surface area contributed by atoms with Crippen LogP contribution in [0.2, 0.25) is 0 Å². The third kappa shape index (κ3) is 3.39. The second-order valence-corrected chi connectivity index (χ2v) is 6.80. The van der Waals surface area contributed by atoms with Crippen molar-refractivity contribution in [3.05, 3.63) is 54.2 Å². The molecule has 7 heteroatoms. The normalized spacial score (nSPS) is 25.4. The lowest BCUT2D eigenvalue weighted by Gasteiger charge is -2.39. The molecule has 2 atom stereocenters. The summed E-state index contributed by atoms with van der Waals surface area (Å²) in [7, 11) is 0. The molecule has 0 saturated carbocycles. The maximum absolute atomic E-state index is 13.7. The molecule has 0 aliphatic carbocycles. The molecule has 2 aromatic heterocycles. The van der Waals surface area contributed by atoms with Crippen molar-refractivity contribution < 1.29 is 18.7 Å². The summed E-state index contributed by atoms with van der Waals surface area (Å²) < 4.78 is 25.5. The average Bonchev–Trinajstić information content (AvgIpc) is 3.05. The first-order valence-electron chi connectivity index (χ1n) is 8.76. The number of carbonyl (C=O) groups excluding carboxylic acids is 1. The number of hydrogen-bond donors (Lipinski definition) is 0. The molecule has 1 spiro atoms. The van der Waals surface area contributed by atoms with Gasteiger partial charge in [-0.15, -0.1) is 0 Å². The maximum atomic E-state index is 13.7. The topological polar surface area (TPSA) is 64.6 Å².